The number of nitrogens with one attached hydrogen (secondary N) is 4. The zero-order valence-electron chi connectivity index (χ0n) is 17.8. The number of carboxylic acid groups (broad SMARTS) is 3. The molecule has 0 unspecified atom stereocenters. The predicted octanol–water partition coefficient (Wildman–Crippen LogP) is -2.59. The van der Waals surface area contributed by atoms with E-state index in [0.717, 1.165) is 6.92 Å². The highest BCUT2D eigenvalue weighted by Crippen LogP contribution is 2.00. The molecule has 14 nitrogen and oxygen atoms in total. The number of carboxylic acids is 3. The lowest BCUT2D eigenvalue weighted by Gasteiger charge is -2.20. The normalized spacial score (nSPS) is 12.7. The first kappa shape index (κ1) is 28.9. The Balaban J connectivity index is 5.04. The highest BCUT2D eigenvalue weighted by Gasteiger charge is 2.27. The maximum atomic E-state index is 12.2. The van der Waals surface area contributed by atoms with Crippen molar-refractivity contribution in [1.29, 1.82) is 0 Å². The molecule has 0 bridgehead atoms. The molecule has 0 aromatic heterocycles. The van der Waals surface area contributed by atoms with Gasteiger partial charge in [-0.15, -0.1) is 12.3 Å². The second-order valence-corrected chi connectivity index (χ2v) is 6.76. The average molecular weight is 470 g/mol. The SMILES string of the molecule is C#CCCC(=O)N[C@@H](CC(=O)O)C(=O)NCC(=O)N[C@@H](CCC(=O)O)C(=O)N[C@@H](C)C(=O)O. The van der Waals surface area contributed by atoms with Crippen LogP contribution >= 0.6 is 0 Å². The van der Waals surface area contributed by atoms with Crippen molar-refractivity contribution in [3.8, 4) is 12.3 Å². The Morgan fingerprint density at radius 3 is 1.94 bits per heavy atom. The van der Waals surface area contributed by atoms with Crippen molar-refractivity contribution in [2.75, 3.05) is 6.54 Å². The summed E-state index contributed by atoms with van der Waals surface area (Å²) in [4.78, 5) is 80.9. The maximum Gasteiger partial charge on any atom is 0.325 e. The number of carbonyl (C=O) groups is 7. The van der Waals surface area contributed by atoms with Gasteiger partial charge in [-0.3, -0.25) is 33.6 Å². The van der Waals surface area contributed by atoms with Crippen molar-refractivity contribution in [3.05, 3.63) is 0 Å². The fourth-order valence-corrected chi connectivity index (χ4v) is 2.28. The summed E-state index contributed by atoms with van der Waals surface area (Å²) in [5, 5.41) is 35.1. The molecule has 0 saturated carbocycles. The second kappa shape index (κ2) is 14.8. The van der Waals surface area contributed by atoms with Crippen LogP contribution < -0.4 is 21.3 Å². The van der Waals surface area contributed by atoms with Crippen molar-refractivity contribution in [2.24, 2.45) is 0 Å². The van der Waals surface area contributed by atoms with Crippen LogP contribution in [0.25, 0.3) is 0 Å². The molecule has 0 radical (unpaired) electrons. The van der Waals surface area contributed by atoms with Crippen LogP contribution in [0.3, 0.4) is 0 Å². The van der Waals surface area contributed by atoms with Crippen molar-refractivity contribution in [3.63, 3.8) is 0 Å². The van der Waals surface area contributed by atoms with Crippen molar-refractivity contribution in [2.45, 2.75) is 57.2 Å². The van der Waals surface area contributed by atoms with Crippen molar-refractivity contribution in [1.82, 2.24) is 21.3 Å². The average Bonchev–Trinajstić information content (AvgIpc) is 2.72. The first-order valence-corrected chi connectivity index (χ1v) is 9.64. The number of aliphatic carboxylic acids is 3. The number of hydrogen-bond acceptors (Lipinski definition) is 7. The van der Waals surface area contributed by atoms with Gasteiger partial charge in [-0.1, -0.05) is 0 Å². The van der Waals surface area contributed by atoms with E-state index in [9.17, 15) is 33.6 Å². The Labute approximate surface area is 188 Å². The lowest BCUT2D eigenvalue weighted by Crippen LogP contribution is -2.54. The summed E-state index contributed by atoms with van der Waals surface area (Å²) in [6, 6.07) is -4.22. The third kappa shape index (κ3) is 13.0. The molecule has 0 aliphatic heterocycles. The van der Waals surface area contributed by atoms with Crippen LogP contribution in [0.1, 0.15) is 39.0 Å². The van der Waals surface area contributed by atoms with E-state index in [-0.39, 0.29) is 19.3 Å². The monoisotopic (exact) mass is 470 g/mol. The van der Waals surface area contributed by atoms with Crippen LogP contribution in [0.2, 0.25) is 0 Å². The quantitative estimate of drug-likeness (QED) is 0.124. The van der Waals surface area contributed by atoms with Crippen molar-refractivity contribution < 1.29 is 48.9 Å². The van der Waals surface area contributed by atoms with Crippen LogP contribution in [-0.4, -0.2) is 81.5 Å². The Kier molecular flexibility index (Phi) is 12.9. The lowest BCUT2D eigenvalue weighted by molar-refractivity contribution is -0.142. The van der Waals surface area contributed by atoms with Gasteiger partial charge in [-0.2, -0.15) is 0 Å². The molecule has 182 valence electrons. The smallest absolute Gasteiger partial charge is 0.325 e. The Morgan fingerprint density at radius 1 is 0.818 bits per heavy atom. The van der Waals surface area contributed by atoms with E-state index >= 15 is 0 Å². The van der Waals surface area contributed by atoms with Gasteiger partial charge in [0.15, 0.2) is 0 Å². The van der Waals surface area contributed by atoms with Crippen LogP contribution in [0.4, 0.5) is 0 Å². The Hall–Kier alpha value is -4.15. The molecule has 0 heterocycles. The van der Waals surface area contributed by atoms with Crippen LogP contribution in [-0.2, 0) is 33.6 Å². The predicted molar refractivity (Wildman–Crippen MR) is 109 cm³/mol. The molecule has 0 aliphatic carbocycles. The standard InChI is InChI=1S/C19H26N4O10/c1-3-4-5-13(24)23-12(8-16(28)29)17(30)20-9-14(25)22-11(6-7-15(26)27)18(31)21-10(2)19(32)33/h1,10-12H,4-9H2,2H3,(H,20,30)(H,21,31)(H,22,25)(H,23,24)(H,26,27)(H,28,29)(H,32,33)/t10-,11-,12-/m0/s1. The van der Waals surface area contributed by atoms with Gasteiger partial charge < -0.3 is 36.6 Å². The van der Waals surface area contributed by atoms with Gasteiger partial charge in [-0.05, 0) is 13.3 Å². The van der Waals surface area contributed by atoms with Gasteiger partial charge in [0.1, 0.15) is 18.1 Å². The first-order valence-electron chi connectivity index (χ1n) is 9.64. The highest BCUT2D eigenvalue weighted by molar-refractivity contribution is 5.94. The van der Waals surface area contributed by atoms with Crippen LogP contribution in [0, 0.1) is 12.3 Å². The number of rotatable bonds is 15. The summed E-state index contributed by atoms with van der Waals surface area (Å²) in [5.74, 6) is -5.35. The molecule has 0 aromatic carbocycles. The molecule has 0 rings (SSSR count). The molecular formula is C19H26N4O10. The van der Waals surface area contributed by atoms with Gasteiger partial charge in [0.2, 0.25) is 23.6 Å². The minimum atomic E-state index is -1.50. The van der Waals surface area contributed by atoms with Gasteiger partial charge in [0, 0.05) is 19.3 Å². The molecule has 3 atom stereocenters. The molecular weight excluding hydrogens is 444 g/mol. The van der Waals surface area contributed by atoms with E-state index in [0.29, 0.717) is 0 Å². The summed E-state index contributed by atoms with van der Waals surface area (Å²) < 4.78 is 0. The molecule has 14 heteroatoms. The van der Waals surface area contributed by atoms with Gasteiger partial charge in [0.05, 0.1) is 13.0 Å². The topological polar surface area (TPSA) is 228 Å². The molecule has 33 heavy (non-hydrogen) atoms. The number of terminal acetylenes is 1. The minimum absolute atomic E-state index is 0.0654. The Bertz CT molecular complexity index is 820. The summed E-state index contributed by atoms with van der Waals surface area (Å²) in [6.07, 6.45) is 3.30. The molecule has 0 saturated heterocycles. The van der Waals surface area contributed by atoms with Gasteiger partial charge in [0.25, 0.3) is 0 Å². The molecule has 7 N–H and O–H groups in total. The zero-order valence-corrected chi connectivity index (χ0v) is 17.8. The maximum absolute atomic E-state index is 12.2. The first-order chi connectivity index (χ1) is 15.4. The zero-order chi connectivity index (χ0) is 25.6. The van der Waals surface area contributed by atoms with Crippen molar-refractivity contribution >= 4 is 41.5 Å². The number of carbonyl (C=O) groups excluding carboxylic acids is 4. The molecule has 4 amide bonds. The van der Waals surface area contributed by atoms with E-state index in [1.807, 2.05) is 0 Å². The largest absolute Gasteiger partial charge is 0.481 e. The Morgan fingerprint density at radius 2 is 1.42 bits per heavy atom. The summed E-state index contributed by atoms with van der Waals surface area (Å²) >= 11 is 0. The van der Waals surface area contributed by atoms with Gasteiger partial charge in [-0.25, -0.2) is 0 Å². The van der Waals surface area contributed by atoms with E-state index in [4.69, 9.17) is 21.7 Å². The molecule has 0 fully saturated rings. The van der Waals surface area contributed by atoms with E-state index in [2.05, 4.69) is 27.2 Å². The fourth-order valence-electron chi connectivity index (χ4n) is 2.28. The highest BCUT2D eigenvalue weighted by atomic mass is 16.4. The lowest BCUT2D eigenvalue weighted by atomic mass is 10.1. The second-order valence-electron chi connectivity index (χ2n) is 6.76. The van der Waals surface area contributed by atoms with Crippen LogP contribution in [0.15, 0.2) is 0 Å². The third-order valence-electron chi connectivity index (χ3n) is 3.98. The fraction of sp³-hybridized carbons (Fsp3) is 0.526. The number of amides is 4. The molecule has 0 aliphatic rings. The molecule has 0 spiro atoms. The molecule has 0 aromatic rings. The van der Waals surface area contributed by atoms with Gasteiger partial charge >= 0.3 is 17.9 Å². The summed E-state index contributed by atoms with van der Waals surface area (Å²) in [7, 11) is 0. The summed E-state index contributed by atoms with van der Waals surface area (Å²) in [6.45, 7) is 0.428. The minimum Gasteiger partial charge on any atom is -0.481 e. The third-order valence-corrected chi connectivity index (χ3v) is 3.98. The number of hydrogen-bond donors (Lipinski definition) is 7. The van der Waals surface area contributed by atoms with E-state index in [1.165, 1.54) is 0 Å². The van der Waals surface area contributed by atoms with Crippen LogP contribution in [0.5, 0.6) is 0 Å². The van der Waals surface area contributed by atoms with E-state index < -0.39 is 79.0 Å². The van der Waals surface area contributed by atoms with E-state index in [1.54, 1.807) is 0 Å². The summed E-state index contributed by atoms with van der Waals surface area (Å²) in [5.41, 5.74) is 0.